The maximum Gasteiger partial charge on any atom is 0.167 e. The van der Waals surface area contributed by atoms with Gasteiger partial charge in [0.1, 0.15) is 11.6 Å². The maximum atomic E-state index is 13.3. The van der Waals surface area contributed by atoms with Crippen LogP contribution in [0.5, 0.6) is 5.75 Å². The Morgan fingerprint density at radius 1 is 1.20 bits per heavy atom. The summed E-state index contributed by atoms with van der Waals surface area (Å²) in [5, 5.41) is 0. The van der Waals surface area contributed by atoms with Crippen molar-refractivity contribution in [3.8, 4) is 5.75 Å². The first-order valence-electron chi connectivity index (χ1n) is 6.53. The fraction of sp³-hybridized carbons (Fsp3) is 0.235. The second-order valence-electron chi connectivity index (χ2n) is 4.69. The molecule has 0 radical (unpaired) electrons. The molecule has 0 heterocycles. The van der Waals surface area contributed by atoms with Crippen molar-refractivity contribution < 1.29 is 13.9 Å². The molecular formula is C17H17FO2. The van der Waals surface area contributed by atoms with Gasteiger partial charge in [-0.3, -0.25) is 4.79 Å². The Bertz CT molecular complexity index is 620. The van der Waals surface area contributed by atoms with E-state index in [0.717, 1.165) is 11.1 Å². The molecule has 20 heavy (non-hydrogen) atoms. The van der Waals surface area contributed by atoms with Crippen molar-refractivity contribution in [2.45, 2.75) is 19.8 Å². The fourth-order valence-electron chi connectivity index (χ4n) is 2.17. The second-order valence-corrected chi connectivity index (χ2v) is 4.69. The number of carbonyl (C=O) groups is 1. The predicted molar refractivity (Wildman–Crippen MR) is 76.8 cm³/mol. The van der Waals surface area contributed by atoms with Gasteiger partial charge in [-0.15, -0.1) is 0 Å². The first-order chi connectivity index (χ1) is 9.61. The van der Waals surface area contributed by atoms with Crippen LogP contribution < -0.4 is 4.74 Å². The molecule has 0 saturated heterocycles. The number of hydrogen-bond acceptors (Lipinski definition) is 2. The lowest BCUT2D eigenvalue weighted by molar-refractivity contribution is 0.0979. The third-order valence-corrected chi connectivity index (χ3v) is 3.34. The van der Waals surface area contributed by atoms with Crippen LogP contribution in [0, 0.1) is 12.7 Å². The van der Waals surface area contributed by atoms with Crippen LogP contribution in [0.15, 0.2) is 42.5 Å². The molecule has 0 unspecified atom stereocenters. The standard InChI is InChI=1S/C17H17FO2/c1-12-5-3-4-6-13(12)7-9-16(19)15-11-14(18)8-10-17(15)20-2/h3-6,8,10-11H,7,9H2,1-2H3. The lowest BCUT2D eigenvalue weighted by Gasteiger charge is -2.08. The van der Waals surface area contributed by atoms with Crippen LogP contribution in [0.4, 0.5) is 4.39 Å². The summed E-state index contributed by atoms with van der Waals surface area (Å²) in [4.78, 5) is 12.2. The zero-order valence-corrected chi connectivity index (χ0v) is 11.7. The van der Waals surface area contributed by atoms with Crippen molar-refractivity contribution in [1.29, 1.82) is 0 Å². The third kappa shape index (κ3) is 3.23. The van der Waals surface area contributed by atoms with E-state index >= 15 is 0 Å². The molecule has 0 atom stereocenters. The van der Waals surface area contributed by atoms with Crippen molar-refractivity contribution >= 4 is 5.78 Å². The minimum atomic E-state index is -0.426. The van der Waals surface area contributed by atoms with Crippen LogP contribution in [-0.2, 0) is 6.42 Å². The molecule has 0 aliphatic carbocycles. The lowest BCUT2D eigenvalue weighted by Crippen LogP contribution is -2.05. The van der Waals surface area contributed by atoms with Crippen LogP contribution in [0.3, 0.4) is 0 Å². The minimum Gasteiger partial charge on any atom is -0.496 e. The van der Waals surface area contributed by atoms with E-state index in [2.05, 4.69) is 0 Å². The van der Waals surface area contributed by atoms with E-state index in [0.29, 0.717) is 24.2 Å². The van der Waals surface area contributed by atoms with Crippen LogP contribution in [0.1, 0.15) is 27.9 Å². The topological polar surface area (TPSA) is 26.3 Å². The summed E-state index contributed by atoms with van der Waals surface area (Å²) in [6, 6.07) is 12.0. The molecule has 0 aromatic heterocycles. The van der Waals surface area contributed by atoms with Crippen LogP contribution in [0.2, 0.25) is 0 Å². The molecule has 0 saturated carbocycles. The third-order valence-electron chi connectivity index (χ3n) is 3.34. The van der Waals surface area contributed by atoms with Gasteiger partial charge in [-0.2, -0.15) is 0 Å². The molecule has 0 fully saturated rings. The van der Waals surface area contributed by atoms with Gasteiger partial charge in [0.15, 0.2) is 5.78 Å². The molecule has 0 bridgehead atoms. The van der Waals surface area contributed by atoms with Gasteiger partial charge in [-0.25, -0.2) is 4.39 Å². The first-order valence-corrected chi connectivity index (χ1v) is 6.53. The molecule has 0 aliphatic heterocycles. The number of rotatable bonds is 5. The molecule has 2 rings (SSSR count). The number of methoxy groups -OCH3 is 1. The smallest absolute Gasteiger partial charge is 0.167 e. The Labute approximate surface area is 118 Å². The first kappa shape index (κ1) is 14.3. The van der Waals surface area contributed by atoms with Gasteiger partial charge >= 0.3 is 0 Å². The highest BCUT2D eigenvalue weighted by atomic mass is 19.1. The number of ether oxygens (including phenoxy) is 1. The van der Waals surface area contributed by atoms with Gasteiger partial charge in [0, 0.05) is 6.42 Å². The number of ketones is 1. The molecule has 3 heteroatoms. The van der Waals surface area contributed by atoms with Crippen molar-refractivity contribution in [1.82, 2.24) is 0 Å². The van der Waals surface area contributed by atoms with Gasteiger partial charge < -0.3 is 4.74 Å². The summed E-state index contributed by atoms with van der Waals surface area (Å²) in [5.41, 5.74) is 2.60. The largest absolute Gasteiger partial charge is 0.496 e. The van der Waals surface area contributed by atoms with Gasteiger partial charge in [0.25, 0.3) is 0 Å². The van der Waals surface area contributed by atoms with Crippen molar-refractivity contribution in [3.63, 3.8) is 0 Å². The molecule has 2 aromatic carbocycles. The fourth-order valence-corrected chi connectivity index (χ4v) is 2.17. The van der Waals surface area contributed by atoms with Crippen LogP contribution in [-0.4, -0.2) is 12.9 Å². The number of halogens is 1. The average Bonchev–Trinajstić information content (AvgIpc) is 2.46. The number of benzene rings is 2. The molecule has 0 spiro atoms. The highest BCUT2D eigenvalue weighted by Crippen LogP contribution is 2.22. The monoisotopic (exact) mass is 272 g/mol. The summed E-state index contributed by atoms with van der Waals surface area (Å²) >= 11 is 0. The summed E-state index contributed by atoms with van der Waals surface area (Å²) in [7, 11) is 1.48. The number of hydrogen-bond donors (Lipinski definition) is 0. The molecule has 2 aromatic rings. The van der Waals surface area contributed by atoms with E-state index in [9.17, 15) is 9.18 Å². The predicted octanol–water partition coefficient (Wildman–Crippen LogP) is 3.96. The molecule has 104 valence electrons. The maximum absolute atomic E-state index is 13.3. The average molecular weight is 272 g/mol. The summed E-state index contributed by atoms with van der Waals surface area (Å²) in [6.07, 6.45) is 0.982. The molecule has 2 nitrogen and oxygen atoms in total. The highest BCUT2D eigenvalue weighted by Gasteiger charge is 2.13. The van der Waals surface area contributed by atoms with E-state index < -0.39 is 5.82 Å². The van der Waals surface area contributed by atoms with E-state index in [1.165, 1.54) is 25.3 Å². The van der Waals surface area contributed by atoms with Gasteiger partial charge in [0.05, 0.1) is 12.7 Å². The highest BCUT2D eigenvalue weighted by molar-refractivity contribution is 5.98. The Hall–Kier alpha value is -2.16. The number of Topliss-reactive ketones (excluding diaryl/α,β-unsaturated/α-hetero) is 1. The molecular weight excluding hydrogens is 255 g/mol. The normalized spacial score (nSPS) is 10.3. The van der Waals surface area contributed by atoms with Gasteiger partial charge in [0.2, 0.25) is 0 Å². The summed E-state index contributed by atoms with van der Waals surface area (Å²) < 4.78 is 18.4. The van der Waals surface area contributed by atoms with Crippen molar-refractivity contribution in [2.24, 2.45) is 0 Å². The Morgan fingerprint density at radius 3 is 2.65 bits per heavy atom. The van der Waals surface area contributed by atoms with Crippen molar-refractivity contribution in [3.05, 3.63) is 65.0 Å². The van der Waals surface area contributed by atoms with Gasteiger partial charge in [-0.05, 0) is 42.7 Å². The minimum absolute atomic E-state index is 0.107. The Morgan fingerprint density at radius 2 is 1.95 bits per heavy atom. The zero-order chi connectivity index (χ0) is 14.5. The van der Waals surface area contributed by atoms with Gasteiger partial charge in [-0.1, -0.05) is 24.3 Å². The number of aryl methyl sites for hydroxylation is 2. The summed E-state index contributed by atoms with van der Waals surface area (Å²) in [6.45, 7) is 2.02. The number of carbonyl (C=O) groups excluding carboxylic acids is 1. The molecule has 0 N–H and O–H groups in total. The molecule has 0 aliphatic rings. The van der Waals surface area contributed by atoms with Crippen LogP contribution in [0.25, 0.3) is 0 Å². The van der Waals surface area contributed by atoms with Crippen molar-refractivity contribution in [2.75, 3.05) is 7.11 Å². The summed E-state index contributed by atoms with van der Waals surface area (Å²) in [5.74, 6) is -0.115. The second kappa shape index (κ2) is 6.33. The van der Waals surface area contributed by atoms with E-state index in [4.69, 9.17) is 4.74 Å². The van der Waals surface area contributed by atoms with E-state index in [1.54, 1.807) is 0 Å². The Kier molecular flexibility index (Phi) is 4.51. The molecule has 0 amide bonds. The van der Waals surface area contributed by atoms with Crippen LogP contribution >= 0.6 is 0 Å². The quantitative estimate of drug-likeness (QED) is 0.770. The SMILES string of the molecule is COc1ccc(F)cc1C(=O)CCc1ccccc1C. The zero-order valence-electron chi connectivity index (χ0n) is 11.7. The lowest BCUT2D eigenvalue weighted by atomic mass is 9.99. The van der Waals surface area contributed by atoms with E-state index in [-0.39, 0.29) is 5.78 Å². The Balaban J connectivity index is 2.13. The van der Waals surface area contributed by atoms with E-state index in [1.807, 2.05) is 31.2 Å².